The Hall–Kier alpha value is -2.34. The lowest BCUT2D eigenvalue weighted by Crippen LogP contribution is -2.44. The Balaban J connectivity index is 1.68. The average Bonchev–Trinajstić information content (AvgIpc) is 2.56. The molecule has 1 saturated heterocycles. The molecule has 128 valence electrons. The van der Waals surface area contributed by atoms with Crippen molar-refractivity contribution in [3.05, 3.63) is 45.2 Å². The normalized spacial score (nSPS) is 15.4. The number of aromatic nitrogens is 1. The summed E-state index contributed by atoms with van der Waals surface area (Å²) in [5.41, 5.74) is 3.51. The van der Waals surface area contributed by atoms with Gasteiger partial charge in [-0.05, 0) is 61.4 Å². The molecule has 24 heavy (non-hydrogen) atoms. The number of pyridine rings is 1. The van der Waals surface area contributed by atoms with Crippen molar-refractivity contribution in [1.82, 2.24) is 15.6 Å². The summed E-state index contributed by atoms with van der Waals surface area (Å²) in [4.78, 5) is 27.1. The van der Waals surface area contributed by atoms with Crippen LogP contribution in [-0.2, 0) is 11.3 Å². The van der Waals surface area contributed by atoms with Crippen LogP contribution in [0.25, 0.3) is 10.9 Å². The Morgan fingerprint density at radius 3 is 2.67 bits per heavy atom. The minimum absolute atomic E-state index is 0.138. The highest BCUT2D eigenvalue weighted by molar-refractivity contribution is 5.81. The van der Waals surface area contributed by atoms with Crippen molar-refractivity contribution < 1.29 is 9.53 Å². The molecule has 2 amide bonds. The molecular formula is C18H23N3O3. The third-order valence-electron chi connectivity index (χ3n) is 4.53. The summed E-state index contributed by atoms with van der Waals surface area (Å²) in [5, 5.41) is 6.66. The average molecular weight is 329 g/mol. The third kappa shape index (κ3) is 3.76. The van der Waals surface area contributed by atoms with E-state index >= 15 is 0 Å². The van der Waals surface area contributed by atoms with Gasteiger partial charge in [-0.2, -0.15) is 0 Å². The zero-order valence-electron chi connectivity index (χ0n) is 14.1. The SMILES string of the molecule is Cc1cc2cc(CNC(=O)NC3CCOCC3)c(=O)[nH]c2cc1C. The molecular weight excluding hydrogens is 306 g/mol. The predicted octanol–water partition coefficient (Wildman–Crippen LogP) is 2.12. The predicted molar refractivity (Wildman–Crippen MR) is 93.3 cm³/mol. The van der Waals surface area contributed by atoms with Gasteiger partial charge in [0.25, 0.3) is 5.56 Å². The van der Waals surface area contributed by atoms with Gasteiger partial charge in [0, 0.05) is 36.9 Å². The number of aromatic amines is 1. The Labute approximate surface area is 140 Å². The van der Waals surface area contributed by atoms with Crippen molar-refractivity contribution in [2.75, 3.05) is 13.2 Å². The number of carbonyl (C=O) groups excluding carboxylic acids is 1. The number of benzene rings is 1. The molecule has 0 atom stereocenters. The molecule has 1 aromatic carbocycles. The monoisotopic (exact) mass is 329 g/mol. The summed E-state index contributed by atoms with van der Waals surface area (Å²) in [7, 11) is 0. The zero-order valence-corrected chi connectivity index (χ0v) is 14.1. The van der Waals surface area contributed by atoms with Gasteiger partial charge in [-0.3, -0.25) is 4.79 Å². The van der Waals surface area contributed by atoms with E-state index in [-0.39, 0.29) is 24.2 Å². The van der Waals surface area contributed by atoms with Crippen LogP contribution in [0.4, 0.5) is 4.79 Å². The van der Waals surface area contributed by atoms with Gasteiger partial charge in [-0.25, -0.2) is 4.79 Å². The summed E-state index contributed by atoms with van der Waals surface area (Å²) >= 11 is 0. The molecule has 1 aliphatic heterocycles. The van der Waals surface area contributed by atoms with Crippen LogP contribution in [0.5, 0.6) is 0 Å². The van der Waals surface area contributed by atoms with Gasteiger partial charge in [-0.1, -0.05) is 0 Å². The number of rotatable bonds is 3. The minimum atomic E-state index is -0.249. The van der Waals surface area contributed by atoms with Crippen LogP contribution in [0.2, 0.25) is 0 Å². The first kappa shape index (κ1) is 16.5. The first-order valence-corrected chi connectivity index (χ1v) is 8.28. The maximum atomic E-state index is 12.2. The zero-order chi connectivity index (χ0) is 17.1. The molecule has 0 saturated carbocycles. The van der Waals surface area contributed by atoms with Gasteiger partial charge in [-0.15, -0.1) is 0 Å². The molecule has 6 nitrogen and oxygen atoms in total. The fourth-order valence-electron chi connectivity index (χ4n) is 2.91. The standard InChI is InChI=1S/C18H23N3O3/c1-11-7-13-9-14(17(22)21-16(13)8-12(11)2)10-19-18(23)20-15-3-5-24-6-4-15/h7-9,15H,3-6,10H2,1-2H3,(H,21,22)(H2,19,20,23). The van der Waals surface area contributed by atoms with E-state index in [1.165, 1.54) is 5.56 Å². The largest absolute Gasteiger partial charge is 0.381 e. The summed E-state index contributed by atoms with van der Waals surface area (Å²) in [6.45, 7) is 5.61. The quantitative estimate of drug-likeness (QED) is 0.806. The van der Waals surface area contributed by atoms with Gasteiger partial charge in [0.1, 0.15) is 0 Å². The minimum Gasteiger partial charge on any atom is -0.381 e. The van der Waals surface area contributed by atoms with Crippen LogP contribution in [0.15, 0.2) is 23.0 Å². The van der Waals surface area contributed by atoms with Gasteiger partial charge in [0.2, 0.25) is 0 Å². The number of hydrogen-bond acceptors (Lipinski definition) is 3. The fraction of sp³-hybridized carbons (Fsp3) is 0.444. The van der Waals surface area contributed by atoms with E-state index in [0.717, 1.165) is 29.3 Å². The van der Waals surface area contributed by atoms with E-state index in [2.05, 4.69) is 15.6 Å². The van der Waals surface area contributed by atoms with Crippen molar-refractivity contribution in [2.45, 2.75) is 39.3 Å². The van der Waals surface area contributed by atoms with Gasteiger partial charge < -0.3 is 20.4 Å². The van der Waals surface area contributed by atoms with Crippen LogP contribution in [0.3, 0.4) is 0 Å². The number of ether oxygens (including phenoxy) is 1. The lowest BCUT2D eigenvalue weighted by Gasteiger charge is -2.23. The molecule has 2 heterocycles. The van der Waals surface area contributed by atoms with E-state index in [4.69, 9.17) is 4.74 Å². The maximum Gasteiger partial charge on any atom is 0.315 e. The van der Waals surface area contributed by atoms with E-state index in [1.807, 2.05) is 32.0 Å². The van der Waals surface area contributed by atoms with Crippen molar-refractivity contribution >= 4 is 16.9 Å². The molecule has 0 aliphatic carbocycles. The lowest BCUT2D eigenvalue weighted by molar-refractivity contribution is 0.0801. The number of H-pyrrole nitrogens is 1. The molecule has 0 radical (unpaired) electrons. The molecule has 3 rings (SSSR count). The number of nitrogens with one attached hydrogen (secondary N) is 3. The summed E-state index contributed by atoms with van der Waals surface area (Å²) in [6.07, 6.45) is 1.64. The summed E-state index contributed by atoms with van der Waals surface area (Å²) < 4.78 is 5.27. The molecule has 1 aliphatic rings. The summed E-state index contributed by atoms with van der Waals surface area (Å²) in [6, 6.07) is 5.75. The molecule has 0 bridgehead atoms. The second kappa shape index (κ2) is 7.05. The number of fused-ring (bicyclic) bond motifs is 1. The van der Waals surface area contributed by atoms with E-state index < -0.39 is 0 Å². The third-order valence-corrected chi connectivity index (χ3v) is 4.53. The Morgan fingerprint density at radius 1 is 1.21 bits per heavy atom. The van der Waals surface area contributed by atoms with Crippen molar-refractivity contribution in [3.8, 4) is 0 Å². The first-order valence-electron chi connectivity index (χ1n) is 8.28. The molecule has 1 aromatic heterocycles. The smallest absolute Gasteiger partial charge is 0.315 e. The fourth-order valence-corrected chi connectivity index (χ4v) is 2.91. The number of carbonyl (C=O) groups is 1. The number of amides is 2. The van der Waals surface area contributed by atoms with Gasteiger partial charge >= 0.3 is 6.03 Å². The molecule has 1 fully saturated rings. The number of aryl methyl sites for hydroxylation is 2. The number of hydrogen-bond donors (Lipinski definition) is 3. The van der Waals surface area contributed by atoms with Crippen LogP contribution < -0.4 is 16.2 Å². The molecule has 3 N–H and O–H groups in total. The Bertz CT molecular complexity index is 807. The summed E-state index contributed by atoms with van der Waals surface area (Å²) in [5.74, 6) is 0. The Kier molecular flexibility index (Phi) is 4.85. The van der Waals surface area contributed by atoms with E-state index in [9.17, 15) is 9.59 Å². The topological polar surface area (TPSA) is 83.2 Å². The van der Waals surface area contributed by atoms with Crippen molar-refractivity contribution in [1.29, 1.82) is 0 Å². The highest BCUT2D eigenvalue weighted by atomic mass is 16.5. The maximum absolute atomic E-state index is 12.2. The lowest BCUT2D eigenvalue weighted by atomic mass is 10.1. The first-order chi connectivity index (χ1) is 11.5. The molecule has 0 unspecified atom stereocenters. The van der Waals surface area contributed by atoms with Crippen LogP contribution >= 0.6 is 0 Å². The highest BCUT2D eigenvalue weighted by Gasteiger charge is 2.16. The van der Waals surface area contributed by atoms with Crippen LogP contribution in [-0.4, -0.2) is 30.3 Å². The van der Waals surface area contributed by atoms with E-state index in [1.54, 1.807) is 0 Å². The second-order valence-electron chi connectivity index (χ2n) is 6.36. The molecule has 0 spiro atoms. The second-order valence-corrected chi connectivity index (χ2v) is 6.36. The number of urea groups is 1. The van der Waals surface area contributed by atoms with Gasteiger partial charge in [0.05, 0.1) is 0 Å². The van der Waals surface area contributed by atoms with Gasteiger partial charge in [0.15, 0.2) is 0 Å². The molecule has 6 heteroatoms. The van der Waals surface area contributed by atoms with E-state index in [0.29, 0.717) is 18.8 Å². The highest BCUT2D eigenvalue weighted by Crippen LogP contribution is 2.17. The van der Waals surface area contributed by atoms with Crippen LogP contribution in [0, 0.1) is 13.8 Å². The van der Waals surface area contributed by atoms with Crippen LogP contribution in [0.1, 0.15) is 29.5 Å². The Morgan fingerprint density at radius 2 is 1.92 bits per heavy atom. The van der Waals surface area contributed by atoms with Crippen molar-refractivity contribution in [3.63, 3.8) is 0 Å². The van der Waals surface area contributed by atoms with Crippen molar-refractivity contribution in [2.24, 2.45) is 0 Å². The molecule has 2 aromatic rings.